The molecule has 1 heterocycles. The summed E-state index contributed by atoms with van der Waals surface area (Å²) in [4.78, 5) is 16.2. The topological polar surface area (TPSA) is 33.5 Å². The zero-order valence-electron chi connectivity index (χ0n) is 23.9. The predicted molar refractivity (Wildman–Crippen MR) is 159 cm³/mol. The van der Waals surface area contributed by atoms with Crippen LogP contribution < -0.4 is 0 Å². The van der Waals surface area contributed by atoms with Crippen molar-refractivity contribution in [2.75, 3.05) is 6.54 Å². The van der Waals surface area contributed by atoms with Gasteiger partial charge in [0.25, 0.3) is 5.91 Å². The highest BCUT2D eigenvalue weighted by molar-refractivity contribution is 5.98. The number of nitrogens with zero attached hydrogens (tertiary/aromatic N) is 1. The first-order chi connectivity index (χ1) is 18.8. The summed E-state index contributed by atoms with van der Waals surface area (Å²) in [7, 11) is 0. The zero-order chi connectivity index (χ0) is 27.2. The van der Waals surface area contributed by atoms with E-state index in [0.717, 1.165) is 41.5 Å². The molecule has 202 valence electrons. The van der Waals surface area contributed by atoms with Gasteiger partial charge in [-0.25, -0.2) is 0 Å². The SMILES string of the molecule is CC(C)c1ccc2c(c1)CCC1C(C)(CN(Cc3ccco3)C(=O)c3ccc4ccccc4c3)CCCC21C. The first-order valence-electron chi connectivity index (χ1n) is 14.7. The number of aryl methyl sites for hydroxylation is 1. The summed E-state index contributed by atoms with van der Waals surface area (Å²) >= 11 is 0. The smallest absolute Gasteiger partial charge is 0.254 e. The molecule has 0 aliphatic heterocycles. The number of amides is 1. The lowest BCUT2D eigenvalue weighted by Crippen LogP contribution is -2.53. The second-order valence-electron chi connectivity index (χ2n) is 12.9. The fourth-order valence-electron chi connectivity index (χ4n) is 7.92. The summed E-state index contributed by atoms with van der Waals surface area (Å²) < 4.78 is 5.75. The van der Waals surface area contributed by atoms with Crippen LogP contribution in [0.4, 0.5) is 0 Å². The van der Waals surface area contributed by atoms with Gasteiger partial charge in [-0.05, 0) is 100 Å². The van der Waals surface area contributed by atoms with Crippen LogP contribution in [0.5, 0.6) is 0 Å². The molecule has 1 amide bonds. The molecule has 3 atom stereocenters. The molecule has 2 aliphatic rings. The van der Waals surface area contributed by atoms with Gasteiger partial charge in [0.05, 0.1) is 12.8 Å². The lowest BCUT2D eigenvalue weighted by atomic mass is 9.49. The highest BCUT2D eigenvalue weighted by Crippen LogP contribution is 2.57. The molecule has 3 unspecified atom stereocenters. The molecule has 3 heteroatoms. The zero-order valence-corrected chi connectivity index (χ0v) is 23.9. The van der Waals surface area contributed by atoms with Crippen LogP contribution in [0, 0.1) is 11.3 Å². The average Bonchev–Trinajstić information content (AvgIpc) is 3.45. The van der Waals surface area contributed by atoms with E-state index < -0.39 is 0 Å². The molecule has 2 aliphatic carbocycles. The van der Waals surface area contributed by atoms with Crippen molar-refractivity contribution >= 4 is 16.7 Å². The molecular weight excluding hydrogens is 478 g/mol. The van der Waals surface area contributed by atoms with Crippen molar-refractivity contribution in [3.63, 3.8) is 0 Å². The van der Waals surface area contributed by atoms with E-state index in [2.05, 4.69) is 69.0 Å². The van der Waals surface area contributed by atoms with Gasteiger partial charge in [0.15, 0.2) is 0 Å². The molecule has 3 aromatic carbocycles. The van der Waals surface area contributed by atoms with Crippen LogP contribution in [0.2, 0.25) is 0 Å². The van der Waals surface area contributed by atoms with Gasteiger partial charge >= 0.3 is 0 Å². The number of carbonyl (C=O) groups is 1. The summed E-state index contributed by atoms with van der Waals surface area (Å²) in [5.74, 6) is 2.00. The number of hydrogen-bond donors (Lipinski definition) is 0. The van der Waals surface area contributed by atoms with Gasteiger partial charge < -0.3 is 9.32 Å². The van der Waals surface area contributed by atoms with E-state index in [1.54, 1.807) is 17.4 Å². The fraction of sp³-hybridized carbons (Fsp3) is 0.417. The quantitative estimate of drug-likeness (QED) is 0.255. The Labute approximate surface area is 233 Å². The van der Waals surface area contributed by atoms with Crippen LogP contribution in [0.25, 0.3) is 10.8 Å². The second-order valence-corrected chi connectivity index (χ2v) is 12.9. The Morgan fingerprint density at radius 3 is 2.56 bits per heavy atom. The first kappa shape index (κ1) is 25.9. The third kappa shape index (κ3) is 4.71. The Hall–Kier alpha value is -3.33. The summed E-state index contributed by atoms with van der Waals surface area (Å²) in [5, 5.41) is 2.26. The number of hydrogen-bond acceptors (Lipinski definition) is 2. The van der Waals surface area contributed by atoms with Crippen molar-refractivity contribution in [2.24, 2.45) is 11.3 Å². The first-order valence-corrected chi connectivity index (χ1v) is 14.7. The molecule has 0 radical (unpaired) electrons. The Morgan fingerprint density at radius 2 is 1.79 bits per heavy atom. The van der Waals surface area contributed by atoms with E-state index in [1.807, 2.05) is 36.4 Å². The van der Waals surface area contributed by atoms with Gasteiger partial charge in [-0.1, -0.05) is 82.6 Å². The third-order valence-corrected chi connectivity index (χ3v) is 9.93. The van der Waals surface area contributed by atoms with Crippen LogP contribution >= 0.6 is 0 Å². The molecule has 0 spiro atoms. The number of rotatable bonds is 6. The minimum atomic E-state index is 0.0283. The summed E-state index contributed by atoms with van der Waals surface area (Å²) in [6, 6.07) is 25.5. The van der Waals surface area contributed by atoms with Crippen molar-refractivity contribution in [1.29, 1.82) is 0 Å². The van der Waals surface area contributed by atoms with E-state index in [9.17, 15) is 4.79 Å². The Balaban J connectivity index is 1.34. The highest BCUT2D eigenvalue weighted by atomic mass is 16.3. The van der Waals surface area contributed by atoms with Crippen LogP contribution in [0.1, 0.15) is 92.1 Å². The van der Waals surface area contributed by atoms with Gasteiger partial charge in [0, 0.05) is 12.1 Å². The van der Waals surface area contributed by atoms with Crippen LogP contribution in [-0.4, -0.2) is 17.4 Å². The number of furan rings is 1. The molecule has 3 nitrogen and oxygen atoms in total. The largest absolute Gasteiger partial charge is 0.467 e. The van der Waals surface area contributed by atoms with Gasteiger partial charge in [0.2, 0.25) is 0 Å². The van der Waals surface area contributed by atoms with Crippen molar-refractivity contribution < 1.29 is 9.21 Å². The molecule has 4 aromatic rings. The molecule has 39 heavy (non-hydrogen) atoms. The maximum Gasteiger partial charge on any atom is 0.254 e. The second kappa shape index (κ2) is 10.0. The van der Waals surface area contributed by atoms with E-state index >= 15 is 0 Å². The van der Waals surface area contributed by atoms with Crippen molar-refractivity contribution in [3.8, 4) is 0 Å². The number of benzene rings is 3. The van der Waals surface area contributed by atoms with E-state index in [0.29, 0.717) is 18.4 Å². The third-order valence-electron chi connectivity index (χ3n) is 9.93. The Kier molecular flexibility index (Phi) is 6.65. The van der Waals surface area contributed by atoms with Crippen molar-refractivity contribution in [1.82, 2.24) is 4.90 Å². The number of carbonyl (C=O) groups excluding carboxylic acids is 1. The van der Waals surface area contributed by atoms with Crippen molar-refractivity contribution in [2.45, 2.75) is 77.7 Å². The summed E-state index contributed by atoms with van der Waals surface area (Å²) in [6.45, 7) is 10.8. The lowest BCUT2D eigenvalue weighted by Gasteiger charge is -2.56. The van der Waals surface area contributed by atoms with E-state index in [1.165, 1.54) is 24.8 Å². The van der Waals surface area contributed by atoms with Crippen LogP contribution in [-0.2, 0) is 18.4 Å². The molecule has 0 N–H and O–H groups in total. The maximum atomic E-state index is 14.2. The van der Waals surface area contributed by atoms with Crippen LogP contribution in [0.15, 0.2) is 83.5 Å². The molecule has 1 aromatic heterocycles. The molecule has 0 bridgehead atoms. The summed E-state index contributed by atoms with van der Waals surface area (Å²) in [6.07, 6.45) is 7.57. The van der Waals surface area contributed by atoms with Crippen molar-refractivity contribution in [3.05, 3.63) is 107 Å². The van der Waals surface area contributed by atoms with Gasteiger partial charge in [0.1, 0.15) is 5.76 Å². The van der Waals surface area contributed by atoms with E-state index in [4.69, 9.17) is 4.42 Å². The molecule has 1 fully saturated rings. The maximum absolute atomic E-state index is 14.2. The van der Waals surface area contributed by atoms with Gasteiger partial charge in [-0.2, -0.15) is 0 Å². The minimum Gasteiger partial charge on any atom is -0.467 e. The summed E-state index contributed by atoms with van der Waals surface area (Å²) in [5.41, 5.74) is 5.45. The molecule has 0 saturated heterocycles. The predicted octanol–water partition coefficient (Wildman–Crippen LogP) is 8.91. The number of fused-ring (bicyclic) bond motifs is 4. The Bertz CT molecular complexity index is 1490. The van der Waals surface area contributed by atoms with Gasteiger partial charge in [-0.15, -0.1) is 0 Å². The highest BCUT2D eigenvalue weighted by Gasteiger charge is 2.52. The molecule has 1 saturated carbocycles. The van der Waals surface area contributed by atoms with Crippen LogP contribution in [0.3, 0.4) is 0 Å². The normalized spacial score (nSPS) is 24.4. The van der Waals surface area contributed by atoms with Gasteiger partial charge in [-0.3, -0.25) is 4.79 Å². The molecule has 6 rings (SSSR count). The standard InChI is InChI=1S/C36H41NO2/c1-25(2)27-14-16-32-29(21-27)15-17-33-35(3,18-8-19-36(32,33)4)24-37(23-31-11-7-20-39-31)34(38)30-13-12-26-9-5-6-10-28(26)22-30/h5-7,9-14,16,20-22,25,33H,8,15,17-19,23-24H2,1-4H3. The average molecular weight is 520 g/mol. The lowest BCUT2D eigenvalue weighted by molar-refractivity contribution is -0.00384. The van der Waals surface area contributed by atoms with E-state index in [-0.39, 0.29) is 16.7 Å². The Morgan fingerprint density at radius 1 is 0.974 bits per heavy atom. The molecular formula is C36H41NO2. The monoisotopic (exact) mass is 519 g/mol. The minimum absolute atomic E-state index is 0.0283. The fourth-order valence-corrected chi connectivity index (χ4v) is 7.92.